The summed E-state index contributed by atoms with van der Waals surface area (Å²) < 4.78 is 10.4. The Bertz CT molecular complexity index is 947. The minimum Gasteiger partial charge on any atom is -0.497 e. The number of ether oxygens (including phenoxy) is 1. The maximum Gasteiger partial charge on any atom is 0.336 e. The molecule has 5 nitrogen and oxygen atoms in total. The smallest absolute Gasteiger partial charge is 0.336 e. The van der Waals surface area contributed by atoms with Gasteiger partial charge < -0.3 is 14.5 Å². The average molecular weight is 337 g/mol. The SMILES string of the molecule is COc1ccc2c(CC(=O)N[C@H](C)c3ccccc3)cc(=O)oc2c1. The van der Waals surface area contributed by atoms with Crippen molar-refractivity contribution in [2.24, 2.45) is 0 Å². The van der Waals surface area contributed by atoms with Crippen molar-refractivity contribution >= 4 is 16.9 Å². The molecule has 3 aromatic rings. The van der Waals surface area contributed by atoms with E-state index in [1.165, 1.54) is 6.07 Å². The lowest BCUT2D eigenvalue weighted by molar-refractivity contribution is -0.121. The van der Waals surface area contributed by atoms with Crippen LogP contribution < -0.4 is 15.7 Å². The van der Waals surface area contributed by atoms with Crippen LogP contribution in [0.1, 0.15) is 24.1 Å². The molecule has 0 radical (unpaired) electrons. The summed E-state index contributed by atoms with van der Waals surface area (Å²) in [7, 11) is 1.54. The summed E-state index contributed by atoms with van der Waals surface area (Å²) >= 11 is 0. The highest BCUT2D eigenvalue weighted by atomic mass is 16.5. The summed E-state index contributed by atoms with van der Waals surface area (Å²) in [6, 6.07) is 16.2. The van der Waals surface area contributed by atoms with Crippen LogP contribution in [0, 0.1) is 0 Å². The van der Waals surface area contributed by atoms with E-state index in [9.17, 15) is 9.59 Å². The van der Waals surface area contributed by atoms with Crippen LogP contribution in [-0.4, -0.2) is 13.0 Å². The van der Waals surface area contributed by atoms with E-state index >= 15 is 0 Å². The van der Waals surface area contributed by atoms with E-state index in [0.29, 0.717) is 16.9 Å². The number of nitrogens with one attached hydrogen (secondary N) is 1. The fourth-order valence-electron chi connectivity index (χ4n) is 2.77. The van der Waals surface area contributed by atoms with E-state index in [-0.39, 0.29) is 18.4 Å². The second kappa shape index (κ2) is 7.21. The molecule has 0 aliphatic rings. The molecular formula is C20H19NO4. The van der Waals surface area contributed by atoms with Crippen LogP contribution in [0.25, 0.3) is 11.0 Å². The quantitative estimate of drug-likeness (QED) is 0.726. The molecule has 5 heteroatoms. The molecule has 2 aromatic carbocycles. The molecule has 1 atom stereocenters. The molecule has 0 saturated carbocycles. The topological polar surface area (TPSA) is 68.5 Å². The van der Waals surface area contributed by atoms with Crippen molar-refractivity contribution in [2.75, 3.05) is 7.11 Å². The molecule has 3 rings (SSSR count). The molecule has 0 unspecified atom stereocenters. The lowest BCUT2D eigenvalue weighted by atomic mass is 10.1. The van der Waals surface area contributed by atoms with Gasteiger partial charge in [0.05, 0.1) is 19.6 Å². The van der Waals surface area contributed by atoms with E-state index in [1.54, 1.807) is 25.3 Å². The Morgan fingerprint density at radius 2 is 1.92 bits per heavy atom. The van der Waals surface area contributed by atoms with Gasteiger partial charge in [0.25, 0.3) is 0 Å². The van der Waals surface area contributed by atoms with Crippen LogP contribution in [-0.2, 0) is 11.2 Å². The summed E-state index contributed by atoms with van der Waals surface area (Å²) in [5.41, 5.74) is 1.58. The van der Waals surface area contributed by atoms with Crippen LogP contribution in [0.15, 0.2) is 63.8 Å². The lowest BCUT2D eigenvalue weighted by Crippen LogP contribution is -2.28. The maximum atomic E-state index is 12.4. The molecule has 1 aromatic heterocycles. The van der Waals surface area contributed by atoms with Crippen LogP contribution in [0.5, 0.6) is 5.75 Å². The molecule has 0 saturated heterocycles. The molecule has 0 spiro atoms. The fourth-order valence-corrected chi connectivity index (χ4v) is 2.77. The van der Waals surface area contributed by atoms with Crippen molar-refractivity contribution in [3.05, 3.63) is 76.1 Å². The van der Waals surface area contributed by atoms with Gasteiger partial charge in [-0.2, -0.15) is 0 Å². The second-order valence-electron chi connectivity index (χ2n) is 5.83. The fraction of sp³-hybridized carbons (Fsp3) is 0.200. The molecule has 1 heterocycles. The van der Waals surface area contributed by atoms with Crippen LogP contribution in [0.2, 0.25) is 0 Å². The van der Waals surface area contributed by atoms with Crippen LogP contribution >= 0.6 is 0 Å². The zero-order valence-corrected chi connectivity index (χ0v) is 14.1. The van der Waals surface area contributed by atoms with E-state index in [1.807, 2.05) is 37.3 Å². The number of amides is 1. The average Bonchev–Trinajstić information content (AvgIpc) is 2.61. The monoisotopic (exact) mass is 337 g/mol. The Balaban J connectivity index is 1.82. The zero-order chi connectivity index (χ0) is 17.8. The Labute approximate surface area is 145 Å². The first-order chi connectivity index (χ1) is 12.1. The largest absolute Gasteiger partial charge is 0.497 e. The van der Waals surface area contributed by atoms with Crippen molar-refractivity contribution < 1.29 is 13.9 Å². The Kier molecular flexibility index (Phi) is 4.84. The number of fused-ring (bicyclic) bond motifs is 1. The molecule has 0 fully saturated rings. The van der Waals surface area contributed by atoms with Gasteiger partial charge in [-0.1, -0.05) is 30.3 Å². The number of hydrogen-bond acceptors (Lipinski definition) is 4. The Hall–Kier alpha value is -3.08. The van der Waals surface area contributed by atoms with Gasteiger partial charge in [-0.25, -0.2) is 4.79 Å². The molecule has 1 N–H and O–H groups in total. The molecule has 128 valence electrons. The molecular weight excluding hydrogens is 318 g/mol. The van der Waals surface area contributed by atoms with Gasteiger partial charge in [0.2, 0.25) is 5.91 Å². The van der Waals surface area contributed by atoms with E-state index in [2.05, 4.69) is 5.32 Å². The first-order valence-electron chi connectivity index (χ1n) is 8.02. The van der Waals surface area contributed by atoms with Crippen LogP contribution in [0.4, 0.5) is 0 Å². The van der Waals surface area contributed by atoms with E-state index in [4.69, 9.17) is 9.15 Å². The molecule has 0 aliphatic carbocycles. The van der Waals surface area contributed by atoms with E-state index < -0.39 is 5.63 Å². The first-order valence-corrected chi connectivity index (χ1v) is 8.02. The third-order valence-corrected chi connectivity index (χ3v) is 4.07. The van der Waals surface area contributed by atoms with Crippen molar-refractivity contribution in [3.63, 3.8) is 0 Å². The second-order valence-corrected chi connectivity index (χ2v) is 5.83. The highest BCUT2D eigenvalue weighted by molar-refractivity contribution is 5.87. The van der Waals surface area contributed by atoms with E-state index in [0.717, 1.165) is 10.9 Å². The van der Waals surface area contributed by atoms with Crippen molar-refractivity contribution in [3.8, 4) is 5.75 Å². The minimum absolute atomic E-state index is 0.103. The number of carbonyl (C=O) groups is 1. The van der Waals surface area contributed by atoms with Gasteiger partial charge in [-0.3, -0.25) is 4.79 Å². The zero-order valence-electron chi connectivity index (χ0n) is 14.1. The van der Waals surface area contributed by atoms with Gasteiger partial charge in [-0.15, -0.1) is 0 Å². The van der Waals surface area contributed by atoms with Crippen molar-refractivity contribution in [2.45, 2.75) is 19.4 Å². The number of methoxy groups -OCH3 is 1. The highest BCUT2D eigenvalue weighted by Gasteiger charge is 2.13. The van der Waals surface area contributed by atoms with Crippen molar-refractivity contribution in [1.82, 2.24) is 5.32 Å². The molecule has 0 bridgehead atoms. The van der Waals surface area contributed by atoms with Gasteiger partial charge in [0.15, 0.2) is 0 Å². The predicted molar refractivity (Wildman–Crippen MR) is 95.7 cm³/mol. The highest BCUT2D eigenvalue weighted by Crippen LogP contribution is 2.23. The number of rotatable bonds is 5. The van der Waals surface area contributed by atoms with Gasteiger partial charge in [0.1, 0.15) is 11.3 Å². The van der Waals surface area contributed by atoms with Crippen LogP contribution in [0.3, 0.4) is 0 Å². The third kappa shape index (κ3) is 3.88. The lowest BCUT2D eigenvalue weighted by Gasteiger charge is -2.14. The number of benzene rings is 2. The minimum atomic E-state index is -0.486. The summed E-state index contributed by atoms with van der Waals surface area (Å²) in [6.45, 7) is 1.93. The summed E-state index contributed by atoms with van der Waals surface area (Å²) in [5, 5.41) is 3.68. The summed E-state index contributed by atoms with van der Waals surface area (Å²) in [6.07, 6.45) is 0.103. The molecule has 1 amide bonds. The molecule has 25 heavy (non-hydrogen) atoms. The van der Waals surface area contributed by atoms with Gasteiger partial charge >= 0.3 is 5.63 Å². The normalized spacial score (nSPS) is 11.9. The number of carbonyl (C=O) groups excluding carboxylic acids is 1. The Morgan fingerprint density at radius 3 is 2.64 bits per heavy atom. The van der Waals surface area contributed by atoms with Gasteiger partial charge in [-0.05, 0) is 30.2 Å². The molecule has 0 aliphatic heterocycles. The first kappa shape index (κ1) is 16.8. The Morgan fingerprint density at radius 1 is 1.16 bits per heavy atom. The summed E-state index contributed by atoms with van der Waals surface area (Å²) in [4.78, 5) is 24.2. The van der Waals surface area contributed by atoms with Crippen molar-refractivity contribution in [1.29, 1.82) is 0 Å². The third-order valence-electron chi connectivity index (χ3n) is 4.07. The summed E-state index contributed by atoms with van der Waals surface area (Å²) in [5.74, 6) is 0.439. The standard InChI is InChI=1S/C20H19NO4/c1-13(14-6-4-3-5-7-14)21-19(22)10-15-11-20(23)25-18-12-16(24-2)8-9-17(15)18/h3-9,11-13H,10H2,1-2H3,(H,21,22)/t13-/m1/s1. The predicted octanol–water partition coefficient (Wildman–Crippen LogP) is 3.22. The maximum absolute atomic E-state index is 12.4. The number of hydrogen-bond donors (Lipinski definition) is 1. The van der Waals surface area contributed by atoms with Gasteiger partial charge in [0, 0.05) is 17.5 Å².